The molecule has 0 radical (unpaired) electrons. The van der Waals surface area contributed by atoms with Crippen LogP contribution in [0.25, 0.3) is 16.9 Å². The first-order valence-electron chi connectivity index (χ1n) is 7.85. The van der Waals surface area contributed by atoms with Crippen molar-refractivity contribution in [2.24, 2.45) is 5.41 Å². The molecule has 0 saturated carbocycles. The van der Waals surface area contributed by atoms with E-state index in [4.69, 9.17) is 0 Å². The Morgan fingerprint density at radius 3 is 2.83 bits per heavy atom. The number of hydrogen-bond donors (Lipinski definition) is 2. The van der Waals surface area contributed by atoms with Crippen molar-refractivity contribution in [1.29, 1.82) is 0 Å². The lowest BCUT2D eigenvalue weighted by atomic mass is 9.93. The number of anilines is 1. The maximum Gasteiger partial charge on any atom is 0.325 e. The lowest BCUT2D eigenvalue weighted by molar-refractivity contribution is 0.418. The Labute approximate surface area is 137 Å². The van der Waals surface area contributed by atoms with Gasteiger partial charge in [-0.05, 0) is 17.9 Å². The number of nitrogens with zero attached hydrogens (tertiary/aromatic N) is 4. The summed E-state index contributed by atoms with van der Waals surface area (Å²) in [7, 11) is 0. The first-order chi connectivity index (χ1) is 11.4. The number of fused-ring (bicyclic) bond motifs is 1. The Bertz CT molecular complexity index is 1030. The molecule has 3 aromatic heterocycles. The molecule has 3 aromatic rings. The van der Waals surface area contributed by atoms with Crippen LogP contribution in [0.4, 0.5) is 5.69 Å². The van der Waals surface area contributed by atoms with E-state index < -0.39 is 11.2 Å². The third kappa shape index (κ3) is 2.40. The Morgan fingerprint density at radius 1 is 1.29 bits per heavy atom. The van der Waals surface area contributed by atoms with E-state index in [0.29, 0.717) is 11.3 Å². The quantitative estimate of drug-likeness (QED) is 0.732. The molecule has 1 fully saturated rings. The number of nitrogens with one attached hydrogen (secondary N) is 2. The molecule has 0 aromatic carbocycles. The SMILES string of the molecule is CC1(C)CCN(c2cc(-c3c[nH]c(=O)[nH]c3=O)nn3ccnc23)C1. The van der Waals surface area contributed by atoms with Crippen LogP contribution in [0.15, 0.2) is 34.2 Å². The minimum Gasteiger partial charge on any atom is -0.368 e. The molecule has 4 heterocycles. The fourth-order valence-electron chi connectivity index (χ4n) is 3.18. The van der Waals surface area contributed by atoms with Crippen LogP contribution >= 0.6 is 0 Å². The highest BCUT2D eigenvalue weighted by molar-refractivity contribution is 5.74. The first-order valence-corrected chi connectivity index (χ1v) is 7.85. The van der Waals surface area contributed by atoms with Gasteiger partial charge in [0.05, 0.1) is 11.3 Å². The predicted molar refractivity (Wildman–Crippen MR) is 90.3 cm³/mol. The summed E-state index contributed by atoms with van der Waals surface area (Å²) in [6.45, 7) is 6.33. The van der Waals surface area contributed by atoms with Gasteiger partial charge in [-0.1, -0.05) is 13.8 Å². The van der Waals surface area contributed by atoms with Gasteiger partial charge in [-0.15, -0.1) is 0 Å². The topological polar surface area (TPSA) is 99.2 Å². The largest absolute Gasteiger partial charge is 0.368 e. The second-order valence-corrected chi connectivity index (χ2v) is 6.93. The van der Waals surface area contributed by atoms with Crippen molar-refractivity contribution < 1.29 is 0 Å². The van der Waals surface area contributed by atoms with E-state index in [0.717, 1.165) is 30.8 Å². The zero-order valence-corrected chi connectivity index (χ0v) is 13.5. The molecule has 0 unspecified atom stereocenters. The van der Waals surface area contributed by atoms with Gasteiger partial charge in [-0.2, -0.15) is 5.10 Å². The summed E-state index contributed by atoms with van der Waals surface area (Å²) in [5.74, 6) is 0. The standard InChI is InChI=1S/C16H18N6O2/c1-16(2)3-5-21(9-16)12-7-11(20-22-6-4-17-13(12)22)10-8-18-15(24)19-14(10)23/h4,6-8H,3,5,9H2,1-2H3,(H2,18,19,23,24). The summed E-state index contributed by atoms with van der Waals surface area (Å²) in [6, 6.07) is 1.87. The van der Waals surface area contributed by atoms with E-state index in [9.17, 15) is 9.59 Å². The fraction of sp³-hybridized carbons (Fsp3) is 0.375. The molecule has 1 saturated heterocycles. The molecule has 0 atom stereocenters. The number of hydrogen-bond acceptors (Lipinski definition) is 5. The molecule has 124 valence electrons. The van der Waals surface area contributed by atoms with Crippen molar-refractivity contribution in [1.82, 2.24) is 24.6 Å². The van der Waals surface area contributed by atoms with Crippen molar-refractivity contribution in [2.45, 2.75) is 20.3 Å². The van der Waals surface area contributed by atoms with Crippen molar-refractivity contribution in [3.05, 3.63) is 45.5 Å². The third-order valence-electron chi connectivity index (χ3n) is 4.45. The molecule has 1 aliphatic heterocycles. The molecular weight excluding hydrogens is 308 g/mol. The molecule has 0 spiro atoms. The van der Waals surface area contributed by atoms with Gasteiger partial charge < -0.3 is 9.88 Å². The van der Waals surface area contributed by atoms with Gasteiger partial charge in [0, 0.05) is 31.7 Å². The average Bonchev–Trinajstić information content (AvgIpc) is 3.12. The summed E-state index contributed by atoms with van der Waals surface area (Å²) in [4.78, 5) is 34.7. The minimum absolute atomic E-state index is 0.239. The van der Waals surface area contributed by atoms with E-state index in [1.54, 1.807) is 16.9 Å². The second-order valence-electron chi connectivity index (χ2n) is 6.93. The van der Waals surface area contributed by atoms with Crippen LogP contribution in [0.5, 0.6) is 0 Å². The summed E-state index contributed by atoms with van der Waals surface area (Å²) >= 11 is 0. The lowest BCUT2D eigenvalue weighted by Crippen LogP contribution is -2.25. The van der Waals surface area contributed by atoms with Gasteiger partial charge in [0.2, 0.25) is 0 Å². The monoisotopic (exact) mass is 326 g/mol. The molecule has 1 aliphatic rings. The summed E-state index contributed by atoms with van der Waals surface area (Å²) < 4.78 is 1.67. The molecule has 24 heavy (non-hydrogen) atoms. The van der Waals surface area contributed by atoms with Crippen LogP contribution in [0, 0.1) is 5.41 Å². The number of rotatable bonds is 2. The summed E-state index contributed by atoms with van der Waals surface area (Å²) in [5.41, 5.74) is 1.77. The molecule has 8 heteroatoms. The second kappa shape index (κ2) is 5.05. The predicted octanol–water partition coefficient (Wildman–Crippen LogP) is 1.01. The van der Waals surface area contributed by atoms with Crippen LogP contribution in [0.3, 0.4) is 0 Å². The summed E-state index contributed by atoms with van der Waals surface area (Å²) in [5, 5.41) is 4.45. The van der Waals surface area contributed by atoms with Gasteiger partial charge >= 0.3 is 5.69 Å². The molecule has 0 aliphatic carbocycles. The Hall–Kier alpha value is -2.90. The molecule has 8 nitrogen and oxygen atoms in total. The van der Waals surface area contributed by atoms with Crippen LogP contribution in [-0.4, -0.2) is 37.7 Å². The van der Waals surface area contributed by atoms with Gasteiger partial charge in [-0.3, -0.25) is 9.78 Å². The van der Waals surface area contributed by atoms with Crippen LogP contribution in [-0.2, 0) is 0 Å². The highest BCUT2D eigenvalue weighted by Crippen LogP contribution is 2.34. The van der Waals surface area contributed by atoms with Crippen molar-refractivity contribution in [3.8, 4) is 11.3 Å². The minimum atomic E-state index is -0.533. The van der Waals surface area contributed by atoms with Crippen LogP contribution in [0.2, 0.25) is 0 Å². The van der Waals surface area contributed by atoms with Crippen molar-refractivity contribution >= 4 is 11.3 Å². The summed E-state index contributed by atoms with van der Waals surface area (Å²) in [6.07, 6.45) is 5.93. The molecule has 4 rings (SSSR count). The third-order valence-corrected chi connectivity index (χ3v) is 4.45. The number of imidazole rings is 1. The molecule has 2 N–H and O–H groups in total. The Morgan fingerprint density at radius 2 is 2.12 bits per heavy atom. The van der Waals surface area contributed by atoms with E-state index >= 15 is 0 Å². The van der Waals surface area contributed by atoms with Gasteiger partial charge in [0.1, 0.15) is 5.69 Å². The van der Waals surface area contributed by atoms with E-state index in [-0.39, 0.29) is 5.41 Å². The first kappa shape index (κ1) is 14.7. The molecule has 0 amide bonds. The Balaban J connectivity index is 1.89. The van der Waals surface area contributed by atoms with Crippen molar-refractivity contribution in [3.63, 3.8) is 0 Å². The number of aromatic nitrogens is 5. The van der Waals surface area contributed by atoms with E-state index in [1.165, 1.54) is 6.20 Å². The maximum atomic E-state index is 12.1. The number of aromatic amines is 2. The normalized spacial score (nSPS) is 16.8. The number of H-pyrrole nitrogens is 2. The fourth-order valence-corrected chi connectivity index (χ4v) is 3.18. The maximum absolute atomic E-state index is 12.1. The average molecular weight is 326 g/mol. The zero-order valence-electron chi connectivity index (χ0n) is 13.5. The van der Waals surface area contributed by atoms with Crippen LogP contribution < -0.4 is 16.1 Å². The zero-order chi connectivity index (χ0) is 16.9. The van der Waals surface area contributed by atoms with E-state index in [2.05, 4.69) is 38.8 Å². The highest BCUT2D eigenvalue weighted by Gasteiger charge is 2.31. The van der Waals surface area contributed by atoms with E-state index in [1.807, 2.05) is 6.07 Å². The smallest absolute Gasteiger partial charge is 0.325 e. The lowest BCUT2D eigenvalue weighted by Gasteiger charge is -2.22. The van der Waals surface area contributed by atoms with Gasteiger partial charge in [0.25, 0.3) is 5.56 Å². The molecule has 0 bridgehead atoms. The van der Waals surface area contributed by atoms with Crippen molar-refractivity contribution in [2.75, 3.05) is 18.0 Å². The highest BCUT2D eigenvalue weighted by atomic mass is 16.2. The van der Waals surface area contributed by atoms with Gasteiger partial charge in [-0.25, -0.2) is 14.3 Å². The molecular formula is C16H18N6O2. The van der Waals surface area contributed by atoms with Crippen LogP contribution in [0.1, 0.15) is 20.3 Å². The van der Waals surface area contributed by atoms with Gasteiger partial charge in [0.15, 0.2) is 5.65 Å². The Kier molecular flexibility index (Phi) is 3.09.